The molecule has 0 saturated heterocycles. The second-order valence-corrected chi connectivity index (χ2v) is 5.35. The third-order valence-corrected chi connectivity index (χ3v) is 3.68. The molecule has 1 heterocycles. The molecule has 22 heavy (non-hydrogen) atoms. The van der Waals surface area contributed by atoms with Gasteiger partial charge in [-0.05, 0) is 31.2 Å². The molecule has 2 aromatic carbocycles. The molecule has 1 aliphatic heterocycles. The molecule has 3 rings (SSSR count). The quantitative estimate of drug-likeness (QED) is 0.808. The van der Waals surface area contributed by atoms with Crippen LogP contribution in [0, 0.1) is 6.92 Å². The summed E-state index contributed by atoms with van der Waals surface area (Å²) in [6.45, 7) is 1.90. The van der Waals surface area contributed by atoms with Crippen molar-refractivity contribution in [1.82, 2.24) is 5.06 Å². The standard InChI is InChI=1S/C15H11NO5S/c1-10-6-8-11(9-7-10)20-22(19)21-16-14(17)12-4-2-3-5-13(12)15(16)18/h2-9H,1H3. The van der Waals surface area contributed by atoms with Gasteiger partial charge < -0.3 is 4.18 Å². The minimum Gasteiger partial charge on any atom is -0.379 e. The van der Waals surface area contributed by atoms with Gasteiger partial charge in [0, 0.05) is 0 Å². The summed E-state index contributed by atoms with van der Waals surface area (Å²) in [4.78, 5) is 24.1. The molecular formula is C15H11NO5S. The first-order valence-electron chi connectivity index (χ1n) is 6.39. The third-order valence-electron chi connectivity index (χ3n) is 3.08. The molecule has 0 aliphatic carbocycles. The van der Waals surface area contributed by atoms with Crippen molar-refractivity contribution in [1.29, 1.82) is 0 Å². The number of rotatable bonds is 4. The molecule has 6 nitrogen and oxygen atoms in total. The Kier molecular flexibility index (Phi) is 3.74. The predicted octanol–water partition coefficient (Wildman–Crippen LogP) is 2.18. The number of hydrogen-bond acceptors (Lipinski definition) is 5. The van der Waals surface area contributed by atoms with E-state index >= 15 is 0 Å². The molecule has 2 aromatic rings. The van der Waals surface area contributed by atoms with Gasteiger partial charge in [0.2, 0.25) is 0 Å². The van der Waals surface area contributed by atoms with E-state index in [1.165, 1.54) is 12.1 Å². The van der Waals surface area contributed by atoms with Crippen LogP contribution in [-0.4, -0.2) is 21.1 Å². The van der Waals surface area contributed by atoms with Crippen molar-refractivity contribution in [3.8, 4) is 5.75 Å². The number of hydrogen-bond donors (Lipinski definition) is 0. The average molecular weight is 317 g/mol. The molecule has 0 radical (unpaired) electrons. The Morgan fingerprint density at radius 3 is 2.00 bits per heavy atom. The zero-order valence-corrected chi connectivity index (χ0v) is 12.3. The lowest BCUT2D eigenvalue weighted by Gasteiger charge is -2.11. The van der Waals surface area contributed by atoms with Gasteiger partial charge in [0.05, 0.1) is 11.1 Å². The maximum absolute atomic E-state index is 12.0. The largest absolute Gasteiger partial charge is 0.383 e. The number of nitrogens with zero attached hydrogens (tertiary/aromatic N) is 1. The lowest BCUT2D eigenvalue weighted by molar-refractivity contribution is -0.0105. The highest BCUT2D eigenvalue weighted by Crippen LogP contribution is 2.23. The van der Waals surface area contributed by atoms with E-state index in [1.807, 2.05) is 6.92 Å². The normalized spacial score (nSPS) is 14.9. The Bertz CT molecular complexity index is 737. The number of carbonyl (C=O) groups excluding carboxylic acids is 2. The van der Waals surface area contributed by atoms with Gasteiger partial charge in [-0.3, -0.25) is 9.59 Å². The number of fused-ring (bicyclic) bond motifs is 1. The molecule has 0 spiro atoms. The lowest BCUT2D eigenvalue weighted by Crippen LogP contribution is -2.31. The van der Waals surface area contributed by atoms with E-state index in [1.54, 1.807) is 36.4 Å². The third kappa shape index (κ3) is 2.63. The van der Waals surface area contributed by atoms with Crippen LogP contribution < -0.4 is 4.18 Å². The van der Waals surface area contributed by atoms with Crippen LogP contribution in [0.4, 0.5) is 0 Å². The lowest BCUT2D eigenvalue weighted by atomic mass is 10.1. The summed E-state index contributed by atoms with van der Waals surface area (Å²) in [6, 6.07) is 13.0. The average Bonchev–Trinajstić information content (AvgIpc) is 2.75. The van der Waals surface area contributed by atoms with Crippen molar-refractivity contribution in [2.45, 2.75) is 6.92 Å². The van der Waals surface area contributed by atoms with E-state index in [0.29, 0.717) is 10.8 Å². The van der Waals surface area contributed by atoms with Gasteiger partial charge in [-0.1, -0.05) is 29.8 Å². The van der Waals surface area contributed by atoms with Crippen LogP contribution in [0.2, 0.25) is 0 Å². The zero-order valence-electron chi connectivity index (χ0n) is 11.5. The van der Waals surface area contributed by atoms with Gasteiger partial charge >= 0.3 is 11.4 Å². The summed E-state index contributed by atoms with van der Waals surface area (Å²) in [5.41, 5.74) is 1.43. The molecule has 2 amide bonds. The smallest absolute Gasteiger partial charge is 0.379 e. The van der Waals surface area contributed by atoms with Crippen LogP contribution in [-0.2, 0) is 15.6 Å². The fourth-order valence-corrected chi connectivity index (χ4v) is 2.54. The topological polar surface area (TPSA) is 72.9 Å². The first kappa shape index (κ1) is 14.4. The molecule has 0 fully saturated rings. The summed E-state index contributed by atoms with van der Waals surface area (Å²) in [5, 5.41) is 0.453. The number of amides is 2. The van der Waals surface area contributed by atoms with Crippen molar-refractivity contribution < 1.29 is 22.3 Å². The van der Waals surface area contributed by atoms with Gasteiger partial charge in [-0.25, -0.2) is 0 Å². The number of carbonyl (C=O) groups is 2. The van der Waals surface area contributed by atoms with Crippen molar-refractivity contribution in [2.75, 3.05) is 0 Å². The van der Waals surface area contributed by atoms with Crippen molar-refractivity contribution in [3.05, 3.63) is 65.2 Å². The Labute approximate surface area is 129 Å². The fourth-order valence-electron chi connectivity index (χ4n) is 1.98. The van der Waals surface area contributed by atoms with Gasteiger partial charge in [0.25, 0.3) is 11.8 Å². The van der Waals surface area contributed by atoms with Crippen LogP contribution in [0.15, 0.2) is 48.5 Å². The molecule has 0 saturated carbocycles. The second kappa shape index (κ2) is 5.70. The number of benzene rings is 2. The van der Waals surface area contributed by atoms with E-state index < -0.39 is 23.2 Å². The molecule has 1 atom stereocenters. The van der Waals surface area contributed by atoms with Crippen LogP contribution in [0.25, 0.3) is 0 Å². The van der Waals surface area contributed by atoms with Crippen molar-refractivity contribution in [2.24, 2.45) is 0 Å². The fraction of sp³-hybridized carbons (Fsp3) is 0.0667. The van der Waals surface area contributed by atoms with Crippen LogP contribution in [0.3, 0.4) is 0 Å². The molecule has 7 heteroatoms. The second-order valence-electron chi connectivity index (χ2n) is 4.63. The summed E-state index contributed by atoms with van der Waals surface area (Å²) in [6.07, 6.45) is 0. The van der Waals surface area contributed by atoms with E-state index in [9.17, 15) is 13.8 Å². The molecule has 1 aliphatic rings. The highest BCUT2D eigenvalue weighted by Gasteiger charge is 2.38. The minimum absolute atomic E-state index is 0.208. The maximum Gasteiger partial charge on any atom is 0.383 e. The van der Waals surface area contributed by atoms with Gasteiger partial charge in [-0.2, -0.15) is 4.21 Å². The first-order valence-corrected chi connectivity index (χ1v) is 7.39. The van der Waals surface area contributed by atoms with Crippen LogP contribution in [0.5, 0.6) is 5.75 Å². The van der Waals surface area contributed by atoms with E-state index in [-0.39, 0.29) is 11.1 Å². The van der Waals surface area contributed by atoms with E-state index in [0.717, 1.165) is 5.56 Å². The Morgan fingerprint density at radius 2 is 1.45 bits per heavy atom. The van der Waals surface area contributed by atoms with Gasteiger partial charge in [-0.15, -0.1) is 9.35 Å². The Balaban J connectivity index is 1.71. The highest BCUT2D eigenvalue weighted by atomic mass is 32.2. The molecule has 0 N–H and O–H groups in total. The predicted molar refractivity (Wildman–Crippen MR) is 78.0 cm³/mol. The first-order chi connectivity index (χ1) is 10.6. The summed E-state index contributed by atoms with van der Waals surface area (Å²) in [7, 11) is 0. The number of aryl methyl sites for hydroxylation is 1. The molecular weight excluding hydrogens is 306 g/mol. The maximum atomic E-state index is 12.0. The number of imide groups is 1. The zero-order chi connectivity index (χ0) is 15.7. The van der Waals surface area contributed by atoms with Crippen molar-refractivity contribution in [3.63, 3.8) is 0 Å². The van der Waals surface area contributed by atoms with Crippen LogP contribution >= 0.6 is 0 Å². The Morgan fingerprint density at radius 1 is 0.909 bits per heavy atom. The van der Waals surface area contributed by atoms with Crippen LogP contribution in [0.1, 0.15) is 26.3 Å². The van der Waals surface area contributed by atoms with E-state index in [4.69, 9.17) is 8.47 Å². The molecule has 112 valence electrons. The minimum atomic E-state index is -2.31. The highest BCUT2D eigenvalue weighted by molar-refractivity contribution is 7.75. The van der Waals surface area contributed by atoms with Gasteiger partial charge in [0.15, 0.2) is 0 Å². The van der Waals surface area contributed by atoms with Gasteiger partial charge in [0.1, 0.15) is 5.75 Å². The molecule has 0 aromatic heterocycles. The van der Waals surface area contributed by atoms with Crippen molar-refractivity contribution >= 4 is 23.2 Å². The van der Waals surface area contributed by atoms with E-state index in [2.05, 4.69) is 0 Å². The Hall–Kier alpha value is -2.51. The summed E-state index contributed by atoms with van der Waals surface area (Å²) < 4.78 is 21.7. The summed E-state index contributed by atoms with van der Waals surface area (Å²) >= 11 is -2.31. The SMILES string of the molecule is Cc1ccc(OS(=O)ON2C(=O)c3ccccc3C2=O)cc1. The number of hydroxylamine groups is 2. The molecule has 0 bridgehead atoms. The monoisotopic (exact) mass is 317 g/mol. The molecule has 1 unspecified atom stereocenters. The summed E-state index contributed by atoms with van der Waals surface area (Å²) in [5.74, 6) is -1.02.